The summed E-state index contributed by atoms with van der Waals surface area (Å²) in [7, 11) is -0.111. The summed E-state index contributed by atoms with van der Waals surface area (Å²) in [6.07, 6.45) is 14.0. The van der Waals surface area contributed by atoms with Crippen molar-refractivity contribution in [2.75, 3.05) is 0 Å². The molecule has 0 aliphatic heterocycles. The van der Waals surface area contributed by atoms with Gasteiger partial charge in [0.15, 0.2) is 0 Å². The summed E-state index contributed by atoms with van der Waals surface area (Å²) in [6.45, 7) is 0. The molecule has 0 saturated heterocycles. The molecule has 6 heteroatoms. The van der Waals surface area contributed by atoms with Gasteiger partial charge in [-0.25, -0.2) is 0 Å². The monoisotopic (exact) mass is 376 g/mol. The van der Waals surface area contributed by atoms with Crippen LogP contribution in [0.2, 0.25) is 0 Å². The van der Waals surface area contributed by atoms with Crippen molar-refractivity contribution < 1.29 is 44.2 Å². The maximum Gasteiger partial charge on any atom is 1.00 e. The van der Waals surface area contributed by atoms with Crippen molar-refractivity contribution in [2.24, 2.45) is 0 Å². The largest absolute Gasteiger partial charge is 1.00 e. The van der Waals surface area contributed by atoms with Gasteiger partial charge in [-0.3, -0.25) is 5.04 Å². The molecule has 1 aromatic rings. The first-order chi connectivity index (χ1) is 11.4. The van der Waals surface area contributed by atoms with Gasteiger partial charge in [0, 0.05) is 4.90 Å². The molecule has 0 bridgehead atoms. The first-order valence-electron chi connectivity index (χ1n) is 8.90. The van der Waals surface area contributed by atoms with Gasteiger partial charge in [0.05, 0.1) is 12.0 Å². The van der Waals surface area contributed by atoms with Crippen LogP contribution in [-0.4, -0.2) is 11.3 Å². The molecule has 0 spiro atoms. The first-order valence-corrected chi connectivity index (χ1v) is 11.1. The molecule has 0 unspecified atom stereocenters. The molecule has 2 fully saturated rings. The van der Waals surface area contributed by atoms with E-state index in [0.717, 1.165) is 28.3 Å². The fraction of sp³-hybridized carbons (Fsp3) is 0.667. The van der Waals surface area contributed by atoms with Crippen LogP contribution >= 0.6 is 20.0 Å². The quantitative estimate of drug-likeness (QED) is 0.249. The van der Waals surface area contributed by atoms with E-state index in [1.807, 2.05) is 6.07 Å². The smallest absolute Gasteiger partial charge is 0.691 e. The molecule has 1 aromatic carbocycles. The van der Waals surface area contributed by atoms with Crippen LogP contribution in [0, 0.1) is 0 Å². The van der Waals surface area contributed by atoms with Crippen LogP contribution in [-0.2, 0) is 9.37 Å². The summed E-state index contributed by atoms with van der Waals surface area (Å²) < 4.78 is 4.51. The average Bonchev–Trinajstić information content (AvgIpc) is 2.62. The standard InChI is InChI=1S/C18H27O3PS.Na/c19-20-21-23-18-13-7-12-17(14-18)22(15-8-3-1-4-9-15)16-10-5-2-6-11-16;/h7,12-16,19H,1-6,8-11H2;/q;+1/p-1. The first kappa shape index (κ1) is 21.2. The van der Waals surface area contributed by atoms with Crippen molar-refractivity contribution in [2.45, 2.75) is 80.4 Å². The van der Waals surface area contributed by atoms with Crippen LogP contribution in [0.5, 0.6) is 0 Å². The summed E-state index contributed by atoms with van der Waals surface area (Å²) in [5.74, 6) is 0. The van der Waals surface area contributed by atoms with E-state index in [2.05, 4.69) is 27.6 Å². The third kappa shape index (κ3) is 5.96. The van der Waals surface area contributed by atoms with Gasteiger partial charge in [0.2, 0.25) is 0 Å². The zero-order chi connectivity index (χ0) is 15.9. The summed E-state index contributed by atoms with van der Waals surface area (Å²) in [4.78, 5) is 0.970. The van der Waals surface area contributed by atoms with Crippen LogP contribution in [0.3, 0.4) is 0 Å². The minimum atomic E-state index is -0.111. The summed E-state index contributed by atoms with van der Waals surface area (Å²) in [6, 6.07) is 8.63. The molecule has 0 radical (unpaired) electrons. The molecule has 0 atom stereocenters. The molecule has 0 amide bonds. The third-order valence-corrected chi connectivity index (χ3v) is 9.26. The van der Waals surface area contributed by atoms with E-state index >= 15 is 0 Å². The summed E-state index contributed by atoms with van der Waals surface area (Å²) in [5.41, 5.74) is 1.78. The minimum Gasteiger partial charge on any atom is -0.691 e. The van der Waals surface area contributed by atoms with Crippen molar-refractivity contribution >= 4 is 25.3 Å². The Morgan fingerprint density at radius 1 is 0.917 bits per heavy atom. The van der Waals surface area contributed by atoms with Crippen molar-refractivity contribution in [1.82, 2.24) is 0 Å². The number of rotatable bonds is 6. The van der Waals surface area contributed by atoms with Gasteiger partial charge in [-0.05, 0) is 54.4 Å². The van der Waals surface area contributed by atoms with E-state index in [4.69, 9.17) is 0 Å². The Morgan fingerprint density at radius 3 is 2.04 bits per heavy atom. The fourth-order valence-corrected chi connectivity index (χ4v) is 8.52. The van der Waals surface area contributed by atoms with Crippen molar-refractivity contribution in [1.29, 1.82) is 0 Å². The SMILES string of the molecule is [Na+].[O-]OOSc1cccc(P(C2CCCCC2)C2CCCCC2)c1. The van der Waals surface area contributed by atoms with Crippen molar-refractivity contribution in [3.05, 3.63) is 24.3 Å². The van der Waals surface area contributed by atoms with Crippen molar-refractivity contribution in [3.63, 3.8) is 0 Å². The maximum atomic E-state index is 10.1. The molecule has 2 aliphatic carbocycles. The molecular weight excluding hydrogens is 350 g/mol. The zero-order valence-corrected chi connectivity index (χ0v) is 18.3. The Hall–Kier alpha value is 0.880. The van der Waals surface area contributed by atoms with Gasteiger partial charge < -0.3 is 5.26 Å². The maximum absolute atomic E-state index is 10.1. The van der Waals surface area contributed by atoms with Gasteiger partial charge in [-0.1, -0.05) is 58.6 Å². The Labute approximate surface area is 173 Å². The summed E-state index contributed by atoms with van der Waals surface area (Å²) >= 11 is 1.02. The molecule has 2 saturated carbocycles. The molecule has 128 valence electrons. The number of hydrogen-bond acceptors (Lipinski definition) is 4. The molecule has 0 aromatic heterocycles. The molecule has 3 rings (SSSR count). The number of benzene rings is 1. The molecule has 3 nitrogen and oxygen atoms in total. The molecule has 24 heavy (non-hydrogen) atoms. The van der Waals surface area contributed by atoms with Gasteiger partial charge in [-0.2, -0.15) is 4.33 Å². The van der Waals surface area contributed by atoms with Crippen LogP contribution in [0.25, 0.3) is 0 Å². The van der Waals surface area contributed by atoms with Crippen LogP contribution in [0.1, 0.15) is 64.2 Å². The predicted octanol–water partition coefficient (Wildman–Crippen LogP) is 1.69. The zero-order valence-electron chi connectivity index (χ0n) is 14.6. The normalized spacial score (nSPS) is 20.1. The van der Waals surface area contributed by atoms with E-state index < -0.39 is 0 Å². The summed E-state index contributed by atoms with van der Waals surface area (Å²) in [5, 5.41) is 15.1. The van der Waals surface area contributed by atoms with Crippen LogP contribution in [0.4, 0.5) is 0 Å². The van der Waals surface area contributed by atoms with Crippen LogP contribution in [0.15, 0.2) is 29.2 Å². The average molecular weight is 376 g/mol. The van der Waals surface area contributed by atoms with E-state index in [-0.39, 0.29) is 37.5 Å². The minimum absolute atomic E-state index is 0. The topological polar surface area (TPSA) is 41.5 Å². The fourth-order valence-electron chi connectivity index (χ4n) is 4.19. The van der Waals surface area contributed by atoms with E-state index in [1.165, 1.54) is 69.5 Å². The van der Waals surface area contributed by atoms with Gasteiger partial charge >= 0.3 is 29.6 Å². The van der Waals surface area contributed by atoms with Gasteiger partial charge in [0.25, 0.3) is 0 Å². The Kier molecular flexibility index (Phi) is 10.2. The van der Waals surface area contributed by atoms with Gasteiger partial charge in [0.1, 0.15) is 0 Å². The molecular formula is C18H26NaO3PS. The molecule has 0 N–H and O–H groups in total. The molecule has 0 heterocycles. The van der Waals surface area contributed by atoms with E-state index in [1.54, 1.807) is 0 Å². The second kappa shape index (κ2) is 11.6. The molecule has 2 aliphatic rings. The van der Waals surface area contributed by atoms with E-state index in [9.17, 15) is 5.26 Å². The van der Waals surface area contributed by atoms with Crippen LogP contribution < -0.4 is 40.1 Å². The van der Waals surface area contributed by atoms with Crippen molar-refractivity contribution in [3.8, 4) is 0 Å². The van der Waals surface area contributed by atoms with Gasteiger partial charge in [-0.15, -0.1) is 0 Å². The predicted molar refractivity (Wildman–Crippen MR) is 94.8 cm³/mol. The second-order valence-electron chi connectivity index (χ2n) is 6.71. The third-order valence-electron chi connectivity index (χ3n) is 5.21. The number of hydrogen-bond donors (Lipinski definition) is 0. The Morgan fingerprint density at radius 2 is 1.50 bits per heavy atom. The van der Waals surface area contributed by atoms with E-state index in [0.29, 0.717) is 0 Å². The second-order valence-corrected chi connectivity index (χ2v) is 10.3. The Bertz CT molecular complexity index is 461. The Balaban J connectivity index is 0.00000208.